The molecule has 1 fully saturated rings. The molecule has 8 nitrogen and oxygen atoms in total. The third-order valence-corrected chi connectivity index (χ3v) is 2.73. The fraction of sp³-hybridized carbons (Fsp3) is 0.625. The van der Waals surface area contributed by atoms with Gasteiger partial charge in [-0.3, -0.25) is 0 Å². The standard InChI is InChI=1S/C8H12N4O4S/c9-6(17)7-10-2-11-12(7)8-5(15)4(14)3(1-13)16-8/h2-5,8,13-15H,1H2,(H2,9,17). The normalized spacial score (nSPS) is 32.9. The Morgan fingerprint density at radius 2 is 2.24 bits per heavy atom. The van der Waals surface area contributed by atoms with Gasteiger partial charge in [0.15, 0.2) is 12.1 Å². The van der Waals surface area contributed by atoms with Crippen LogP contribution < -0.4 is 5.73 Å². The number of rotatable bonds is 3. The van der Waals surface area contributed by atoms with E-state index in [1.54, 1.807) is 0 Å². The zero-order chi connectivity index (χ0) is 12.6. The van der Waals surface area contributed by atoms with Crippen LogP contribution >= 0.6 is 12.2 Å². The van der Waals surface area contributed by atoms with Gasteiger partial charge in [-0.15, -0.1) is 0 Å². The van der Waals surface area contributed by atoms with Crippen LogP contribution in [0.15, 0.2) is 6.33 Å². The van der Waals surface area contributed by atoms with E-state index in [-0.39, 0.29) is 10.8 Å². The molecule has 4 atom stereocenters. The van der Waals surface area contributed by atoms with Crippen LogP contribution in [0.25, 0.3) is 0 Å². The average Bonchev–Trinajstić information content (AvgIpc) is 2.86. The van der Waals surface area contributed by atoms with Gasteiger partial charge in [-0.1, -0.05) is 12.2 Å². The number of aliphatic hydroxyl groups excluding tert-OH is 3. The molecule has 1 aliphatic heterocycles. The molecule has 1 saturated heterocycles. The van der Waals surface area contributed by atoms with Crippen LogP contribution in [0.4, 0.5) is 0 Å². The first-order valence-corrected chi connectivity index (χ1v) is 5.29. The summed E-state index contributed by atoms with van der Waals surface area (Å²) in [5, 5.41) is 32.2. The van der Waals surface area contributed by atoms with Gasteiger partial charge < -0.3 is 25.8 Å². The molecule has 1 aromatic rings. The minimum atomic E-state index is -1.23. The van der Waals surface area contributed by atoms with Crippen LogP contribution in [0.5, 0.6) is 0 Å². The van der Waals surface area contributed by atoms with Crippen molar-refractivity contribution in [2.75, 3.05) is 6.61 Å². The van der Waals surface area contributed by atoms with Crippen molar-refractivity contribution in [1.82, 2.24) is 14.8 Å². The summed E-state index contributed by atoms with van der Waals surface area (Å²) in [6.45, 7) is -0.411. The van der Waals surface area contributed by atoms with Gasteiger partial charge in [0, 0.05) is 0 Å². The maximum absolute atomic E-state index is 9.78. The molecule has 2 rings (SSSR count). The van der Waals surface area contributed by atoms with E-state index in [1.807, 2.05) is 0 Å². The molecule has 5 N–H and O–H groups in total. The second-order valence-corrected chi connectivity index (χ2v) is 4.06. The second kappa shape index (κ2) is 4.63. The van der Waals surface area contributed by atoms with E-state index in [4.69, 9.17) is 27.8 Å². The Morgan fingerprint density at radius 3 is 2.76 bits per heavy atom. The molecule has 0 aliphatic carbocycles. The zero-order valence-electron chi connectivity index (χ0n) is 8.67. The summed E-state index contributed by atoms with van der Waals surface area (Å²) < 4.78 is 6.45. The van der Waals surface area contributed by atoms with E-state index in [0.717, 1.165) is 0 Å². The number of aliphatic hydroxyl groups is 3. The highest BCUT2D eigenvalue weighted by molar-refractivity contribution is 7.80. The van der Waals surface area contributed by atoms with E-state index in [2.05, 4.69) is 10.1 Å². The molecule has 17 heavy (non-hydrogen) atoms. The molecule has 0 bridgehead atoms. The van der Waals surface area contributed by atoms with Crippen LogP contribution in [0.3, 0.4) is 0 Å². The van der Waals surface area contributed by atoms with Crippen LogP contribution in [-0.2, 0) is 4.74 Å². The molecule has 4 unspecified atom stereocenters. The summed E-state index contributed by atoms with van der Waals surface area (Å²) in [5.74, 6) is 0.176. The van der Waals surface area contributed by atoms with Gasteiger partial charge in [-0.05, 0) is 0 Å². The SMILES string of the molecule is NC(=S)c1ncnn1C1OC(CO)C(O)C1O. The molecule has 94 valence electrons. The first-order valence-electron chi connectivity index (χ1n) is 4.88. The van der Waals surface area contributed by atoms with Gasteiger partial charge >= 0.3 is 0 Å². The highest BCUT2D eigenvalue weighted by Gasteiger charge is 2.44. The first-order chi connectivity index (χ1) is 8.06. The maximum atomic E-state index is 9.78. The van der Waals surface area contributed by atoms with E-state index in [0.29, 0.717) is 0 Å². The number of nitrogens with zero attached hydrogens (tertiary/aromatic N) is 3. The van der Waals surface area contributed by atoms with Crippen molar-refractivity contribution in [3.05, 3.63) is 12.2 Å². The molecule has 0 radical (unpaired) electrons. The van der Waals surface area contributed by atoms with E-state index < -0.39 is 31.1 Å². The Morgan fingerprint density at radius 1 is 1.53 bits per heavy atom. The third-order valence-electron chi connectivity index (χ3n) is 2.55. The average molecular weight is 260 g/mol. The number of aromatic nitrogens is 3. The van der Waals surface area contributed by atoms with Gasteiger partial charge in [-0.25, -0.2) is 9.67 Å². The van der Waals surface area contributed by atoms with E-state index >= 15 is 0 Å². The van der Waals surface area contributed by atoms with Crippen molar-refractivity contribution in [3.8, 4) is 0 Å². The van der Waals surface area contributed by atoms with Crippen molar-refractivity contribution in [3.63, 3.8) is 0 Å². The van der Waals surface area contributed by atoms with Crippen LogP contribution in [0.2, 0.25) is 0 Å². The van der Waals surface area contributed by atoms with Crippen molar-refractivity contribution in [2.24, 2.45) is 5.73 Å². The lowest BCUT2D eigenvalue weighted by Crippen LogP contribution is -2.34. The molecular weight excluding hydrogens is 248 g/mol. The molecule has 1 aromatic heterocycles. The Hall–Kier alpha value is -1.13. The summed E-state index contributed by atoms with van der Waals surface area (Å²) in [6.07, 6.45) is -3.07. The quantitative estimate of drug-likeness (QED) is 0.440. The minimum Gasteiger partial charge on any atom is -0.394 e. The lowest BCUT2D eigenvalue weighted by molar-refractivity contribution is -0.0590. The van der Waals surface area contributed by atoms with Gasteiger partial charge in [0.1, 0.15) is 29.6 Å². The highest BCUT2D eigenvalue weighted by atomic mass is 32.1. The summed E-state index contributed by atoms with van der Waals surface area (Å²) in [5.41, 5.74) is 5.43. The molecule has 0 saturated carbocycles. The molecule has 1 aliphatic rings. The predicted molar refractivity (Wildman–Crippen MR) is 58.9 cm³/mol. The van der Waals surface area contributed by atoms with Crippen LogP contribution in [-0.4, -0.2) is 60.0 Å². The number of hydrogen-bond donors (Lipinski definition) is 4. The lowest BCUT2D eigenvalue weighted by atomic mass is 10.1. The fourth-order valence-corrected chi connectivity index (χ4v) is 1.84. The van der Waals surface area contributed by atoms with E-state index in [9.17, 15) is 10.2 Å². The van der Waals surface area contributed by atoms with Gasteiger partial charge in [0.05, 0.1) is 6.61 Å². The smallest absolute Gasteiger partial charge is 0.187 e. The number of ether oxygens (including phenoxy) is 1. The van der Waals surface area contributed by atoms with Crippen molar-refractivity contribution < 1.29 is 20.1 Å². The number of thiocarbonyl (C=S) groups is 1. The summed E-state index contributed by atoms with van der Waals surface area (Å²) in [4.78, 5) is 3.82. The van der Waals surface area contributed by atoms with Gasteiger partial charge in [-0.2, -0.15) is 5.10 Å². The molecule has 0 spiro atoms. The fourth-order valence-electron chi connectivity index (χ4n) is 1.69. The lowest BCUT2D eigenvalue weighted by Gasteiger charge is -2.16. The summed E-state index contributed by atoms with van der Waals surface area (Å²) in [7, 11) is 0. The van der Waals surface area contributed by atoms with Crippen LogP contribution in [0.1, 0.15) is 12.1 Å². The third kappa shape index (κ3) is 2.03. The number of hydrogen-bond acceptors (Lipinski definition) is 7. The monoisotopic (exact) mass is 260 g/mol. The summed E-state index contributed by atoms with van der Waals surface area (Å²) in [6, 6.07) is 0. The molecule has 2 heterocycles. The zero-order valence-corrected chi connectivity index (χ0v) is 9.49. The highest BCUT2D eigenvalue weighted by Crippen LogP contribution is 2.29. The maximum Gasteiger partial charge on any atom is 0.187 e. The summed E-state index contributed by atoms with van der Waals surface area (Å²) >= 11 is 4.77. The predicted octanol–water partition coefficient (Wildman–Crippen LogP) is -2.48. The molecule has 0 amide bonds. The topological polar surface area (TPSA) is 127 Å². The first kappa shape index (κ1) is 12.3. The molecule has 0 aromatic carbocycles. The largest absolute Gasteiger partial charge is 0.394 e. The Bertz CT molecular complexity index is 425. The van der Waals surface area contributed by atoms with Crippen LogP contribution in [0, 0.1) is 0 Å². The van der Waals surface area contributed by atoms with Crippen molar-refractivity contribution in [2.45, 2.75) is 24.5 Å². The van der Waals surface area contributed by atoms with Crippen molar-refractivity contribution >= 4 is 17.2 Å². The van der Waals surface area contributed by atoms with Gasteiger partial charge in [0.25, 0.3) is 0 Å². The van der Waals surface area contributed by atoms with E-state index in [1.165, 1.54) is 11.0 Å². The van der Waals surface area contributed by atoms with Crippen molar-refractivity contribution in [1.29, 1.82) is 0 Å². The van der Waals surface area contributed by atoms with Gasteiger partial charge in [0.2, 0.25) is 0 Å². The second-order valence-electron chi connectivity index (χ2n) is 3.62. The Labute approximate surface area is 102 Å². The molecular formula is C8H12N4O4S. The Balaban J connectivity index is 2.29. The molecule has 9 heteroatoms. The minimum absolute atomic E-state index is 0.000221. The Kier molecular flexibility index (Phi) is 3.35. The number of nitrogens with two attached hydrogens (primary N) is 1.